The Labute approximate surface area is 107 Å². The normalized spacial score (nSPS) is 13.2. The van der Waals surface area contributed by atoms with E-state index in [1.165, 1.54) is 0 Å². The van der Waals surface area contributed by atoms with Crippen LogP contribution in [0.5, 0.6) is 0 Å². The van der Waals surface area contributed by atoms with Gasteiger partial charge in [-0.05, 0) is 18.6 Å². The molecular formula is C11H18N4O2S. The van der Waals surface area contributed by atoms with Crippen molar-refractivity contribution in [3.05, 3.63) is 30.1 Å². The highest BCUT2D eigenvalue weighted by Crippen LogP contribution is 2.00. The molecule has 0 spiro atoms. The highest BCUT2D eigenvalue weighted by atomic mass is 32.2. The molecule has 0 aromatic carbocycles. The Hall–Kier alpha value is -1.47. The summed E-state index contributed by atoms with van der Waals surface area (Å²) in [7, 11) is -3.45. The molecule has 1 atom stereocenters. The van der Waals surface area contributed by atoms with Crippen LogP contribution in [0.2, 0.25) is 0 Å². The molecule has 0 aliphatic rings. The van der Waals surface area contributed by atoms with E-state index in [0.29, 0.717) is 12.8 Å². The largest absolute Gasteiger partial charge is 0.386 e. The maximum atomic E-state index is 11.8. The number of hydrogen-bond donors (Lipinski definition) is 3. The number of hydrogen-bond acceptors (Lipinski definition) is 4. The Morgan fingerprint density at radius 3 is 2.78 bits per heavy atom. The van der Waals surface area contributed by atoms with Gasteiger partial charge in [0.1, 0.15) is 5.84 Å². The average molecular weight is 270 g/mol. The summed E-state index contributed by atoms with van der Waals surface area (Å²) in [4.78, 5) is 4.06. The van der Waals surface area contributed by atoms with Gasteiger partial charge in [-0.15, -0.1) is 0 Å². The van der Waals surface area contributed by atoms with Crippen LogP contribution in [0, 0.1) is 5.41 Å². The van der Waals surface area contributed by atoms with Gasteiger partial charge in [0.15, 0.2) is 0 Å². The minimum Gasteiger partial charge on any atom is -0.386 e. The summed E-state index contributed by atoms with van der Waals surface area (Å²) < 4.78 is 26.0. The second-order valence-corrected chi connectivity index (χ2v) is 5.80. The molecule has 0 saturated heterocycles. The number of amidine groups is 1. The van der Waals surface area contributed by atoms with E-state index in [9.17, 15) is 8.42 Å². The molecule has 6 nitrogen and oxygen atoms in total. The first-order valence-electron chi connectivity index (χ1n) is 5.68. The van der Waals surface area contributed by atoms with E-state index < -0.39 is 16.1 Å². The van der Waals surface area contributed by atoms with E-state index in [2.05, 4.69) is 9.71 Å². The molecule has 0 amide bonds. The maximum absolute atomic E-state index is 11.8. The Bertz CT molecular complexity index is 487. The van der Waals surface area contributed by atoms with Crippen molar-refractivity contribution in [2.24, 2.45) is 5.73 Å². The molecule has 0 saturated carbocycles. The second-order valence-electron chi connectivity index (χ2n) is 3.92. The molecule has 0 bridgehead atoms. The molecule has 0 radical (unpaired) electrons. The minimum absolute atomic E-state index is 0.0617. The van der Waals surface area contributed by atoms with Crippen LogP contribution in [0.4, 0.5) is 0 Å². The van der Waals surface area contributed by atoms with E-state index in [1.807, 2.05) is 6.07 Å². The zero-order valence-corrected chi connectivity index (χ0v) is 11.1. The Morgan fingerprint density at radius 2 is 2.28 bits per heavy atom. The summed E-state index contributed by atoms with van der Waals surface area (Å²) in [6.07, 6.45) is 2.42. The van der Waals surface area contributed by atoms with Crippen LogP contribution in [-0.4, -0.2) is 31.0 Å². The number of aryl methyl sites for hydroxylation is 1. The standard InChI is InChI=1S/C11H18N4O2S/c1-2-10(11(12)13)15-18(16,17)8-6-9-5-3-4-7-14-9/h3-5,7,10,15H,2,6,8H2,1H3,(H3,12,13). The van der Waals surface area contributed by atoms with Gasteiger partial charge in [0.25, 0.3) is 0 Å². The third-order valence-corrected chi connectivity index (χ3v) is 3.84. The van der Waals surface area contributed by atoms with Crippen molar-refractivity contribution in [2.45, 2.75) is 25.8 Å². The summed E-state index contributed by atoms with van der Waals surface area (Å²) in [6, 6.07) is 4.74. The van der Waals surface area contributed by atoms with Crippen LogP contribution >= 0.6 is 0 Å². The van der Waals surface area contributed by atoms with Crippen LogP contribution in [0.3, 0.4) is 0 Å². The van der Waals surface area contributed by atoms with Gasteiger partial charge >= 0.3 is 0 Å². The zero-order chi connectivity index (χ0) is 13.6. The van der Waals surface area contributed by atoms with Gasteiger partial charge in [0, 0.05) is 18.3 Å². The van der Waals surface area contributed by atoms with Crippen molar-refractivity contribution < 1.29 is 8.42 Å². The highest BCUT2D eigenvalue weighted by molar-refractivity contribution is 7.89. The fraction of sp³-hybridized carbons (Fsp3) is 0.455. The molecule has 0 fully saturated rings. The van der Waals surface area contributed by atoms with E-state index in [0.717, 1.165) is 5.69 Å². The van der Waals surface area contributed by atoms with Crippen LogP contribution in [0.15, 0.2) is 24.4 Å². The molecule has 0 aliphatic carbocycles. The zero-order valence-electron chi connectivity index (χ0n) is 10.3. The second kappa shape index (κ2) is 6.46. The van der Waals surface area contributed by atoms with Gasteiger partial charge in [-0.25, -0.2) is 13.1 Å². The van der Waals surface area contributed by atoms with Crippen molar-refractivity contribution in [1.82, 2.24) is 9.71 Å². The van der Waals surface area contributed by atoms with Gasteiger partial charge in [-0.1, -0.05) is 13.0 Å². The number of nitrogens with one attached hydrogen (secondary N) is 2. The van der Waals surface area contributed by atoms with Crippen LogP contribution in [0.1, 0.15) is 19.0 Å². The van der Waals surface area contributed by atoms with Crippen LogP contribution in [0.25, 0.3) is 0 Å². The first-order valence-corrected chi connectivity index (χ1v) is 7.33. The first-order chi connectivity index (χ1) is 8.44. The summed E-state index contributed by atoms with van der Waals surface area (Å²) in [5.41, 5.74) is 6.03. The van der Waals surface area contributed by atoms with Crippen molar-refractivity contribution >= 4 is 15.9 Å². The quantitative estimate of drug-likeness (QED) is 0.487. The lowest BCUT2D eigenvalue weighted by Crippen LogP contribution is -2.44. The Morgan fingerprint density at radius 1 is 1.56 bits per heavy atom. The molecule has 0 aliphatic heterocycles. The lowest BCUT2D eigenvalue weighted by atomic mass is 10.2. The monoisotopic (exact) mass is 270 g/mol. The predicted molar refractivity (Wildman–Crippen MR) is 70.9 cm³/mol. The number of pyridine rings is 1. The number of sulfonamides is 1. The van der Waals surface area contributed by atoms with Gasteiger partial charge in [-0.2, -0.15) is 0 Å². The summed E-state index contributed by atoms with van der Waals surface area (Å²) in [5.74, 6) is -0.229. The molecule has 1 aromatic rings. The fourth-order valence-electron chi connectivity index (χ4n) is 1.43. The SMILES string of the molecule is CCC(NS(=O)(=O)CCc1ccccn1)C(=N)N. The summed E-state index contributed by atoms with van der Waals surface area (Å²) in [5, 5.41) is 7.27. The fourth-order valence-corrected chi connectivity index (χ4v) is 2.75. The highest BCUT2D eigenvalue weighted by Gasteiger charge is 2.18. The topological polar surface area (TPSA) is 109 Å². The van der Waals surface area contributed by atoms with E-state index in [-0.39, 0.29) is 11.6 Å². The van der Waals surface area contributed by atoms with Crippen molar-refractivity contribution in [3.63, 3.8) is 0 Å². The third kappa shape index (κ3) is 4.80. The van der Waals surface area contributed by atoms with Crippen molar-refractivity contribution in [1.29, 1.82) is 5.41 Å². The Balaban J connectivity index is 2.57. The molecule has 7 heteroatoms. The van der Waals surface area contributed by atoms with E-state index in [4.69, 9.17) is 11.1 Å². The van der Waals surface area contributed by atoms with Crippen LogP contribution in [-0.2, 0) is 16.4 Å². The molecule has 4 N–H and O–H groups in total. The summed E-state index contributed by atoms with van der Waals surface area (Å²) in [6.45, 7) is 1.77. The lowest BCUT2D eigenvalue weighted by molar-refractivity contribution is 0.570. The molecule has 1 aromatic heterocycles. The van der Waals surface area contributed by atoms with Gasteiger partial charge < -0.3 is 5.73 Å². The van der Waals surface area contributed by atoms with Gasteiger partial charge in [-0.3, -0.25) is 10.4 Å². The molecule has 1 unspecified atom stereocenters. The average Bonchev–Trinajstić information content (AvgIpc) is 2.35. The predicted octanol–water partition coefficient (Wildman–Crippen LogP) is 0.258. The maximum Gasteiger partial charge on any atom is 0.212 e. The van der Waals surface area contributed by atoms with Crippen molar-refractivity contribution in [2.75, 3.05) is 5.75 Å². The molecular weight excluding hydrogens is 252 g/mol. The van der Waals surface area contributed by atoms with Crippen molar-refractivity contribution in [3.8, 4) is 0 Å². The minimum atomic E-state index is -3.45. The molecule has 1 heterocycles. The molecule has 18 heavy (non-hydrogen) atoms. The van der Waals surface area contributed by atoms with Crippen LogP contribution < -0.4 is 10.5 Å². The number of aromatic nitrogens is 1. The first kappa shape index (κ1) is 14.6. The van der Waals surface area contributed by atoms with E-state index in [1.54, 1.807) is 25.3 Å². The summed E-state index contributed by atoms with van der Waals surface area (Å²) >= 11 is 0. The smallest absolute Gasteiger partial charge is 0.212 e. The number of nitrogens with two attached hydrogens (primary N) is 1. The van der Waals surface area contributed by atoms with E-state index >= 15 is 0 Å². The van der Waals surface area contributed by atoms with Gasteiger partial charge in [0.05, 0.1) is 11.8 Å². The lowest BCUT2D eigenvalue weighted by Gasteiger charge is -2.15. The number of nitrogens with zero attached hydrogens (tertiary/aromatic N) is 1. The number of rotatable bonds is 7. The molecule has 100 valence electrons. The molecule has 1 rings (SSSR count). The van der Waals surface area contributed by atoms with Gasteiger partial charge in [0.2, 0.25) is 10.0 Å². The Kier molecular flexibility index (Phi) is 5.24. The third-order valence-electron chi connectivity index (χ3n) is 2.46.